The largest absolute Gasteiger partial charge is 0.357 e. The first-order chi connectivity index (χ1) is 12.5. The van der Waals surface area contributed by atoms with Gasteiger partial charge >= 0.3 is 0 Å². The lowest BCUT2D eigenvalue weighted by atomic mass is 10.1. The number of aliphatic imine (C=N–C) groups is 1. The first-order valence-corrected chi connectivity index (χ1v) is 10.5. The van der Waals surface area contributed by atoms with Gasteiger partial charge in [-0.3, -0.25) is 0 Å². The Kier molecular flexibility index (Phi) is 10.4. The molecule has 27 heavy (non-hydrogen) atoms. The van der Waals surface area contributed by atoms with Gasteiger partial charge in [0, 0.05) is 13.1 Å². The van der Waals surface area contributed by atoms with Crippen LogP contribution in [0.25, 0.3) is 0 Å². The number of benzene rings is 2. The van der Waals surface area contributed by atoms with Crippen molar-refractivity contribution in [1.29, 1.82) is 0 Å². The molecule has 2 aromatic rings. The summed E-state index contributed by atoms with van der Waals surface area (Å²) in [6.45, 7) is 5.96. The van der Waals surface area contributed by atoms with E-state index in [1.807, 2.05) is 25.1 Å². The van der Waals surface area contributed by atoms with Crippen LogP contribution in [0.5, 0.6) is 0 Å². The van der Waals surface area contributed by atoms with Crippen molar-refractivity contribution in [2.24, 2.45) is 4.99 Å². The quantitative estimate of drug-likeness (QED) is 0.251. The highest BCUT2D eigenvalue weighted by Gasteiger charge is 2.13. The van der Waals surface area contributed by atoms with E-state index in [1.54, 1.807) is 24.3 Å². The number of rotatable bonds is 8. The zero-order valence-corrected chi connectivity index (χ0v) is 19.0. The molecule has 0 saturated carbocycles. The summed E-state index contributed by atoms with van der Waals surface area (Å²) in [5, 5.41) is 6.40. The van der Waals surface area contributed by atoms with Gasteiger partial charge in [0.2, 0.25) is 0 Å². The fraction of sp³-hybridized carbons (Fsp3) is 0.350. The fourth-order valence-corrected chi connectivity index (χ4v) is 3.84. The van der Waals surface area contributed by atoms with Crippen molar-refractivity contribution in [2.75, 3.05) is 18.8 Å². The molecule has 2 N–H and O–H groups in total. The summed E-state index contributed by atoms with van der Waals surface area (Å²) in [5.74, 6) is 0.814. The maximum Gasteiger partial charge on any atom is 0.191 e. The molecule has 0 amide bonds. The second kappa shape index (κ2) is 12.0. The predicted molar refractivity (Wildman–Crippen MR) is 123 cm³/mol. The lowest BCUT2D eigenvalue weighted by Crippen LogP contribution is -2.38. The maximum atomic E-state index is 12.3. The molecular weight excluding hydrogens is 473 g/mol. The molecule has 0 radical (unpaired) electrons. The molecule has 0 bridgehead atoms. The number of halogens is 1. The molecule has 0 aliphatic rings. The predicted octanol–water partition coefficient (Wildman–Crippen LogP) is 3.53. The Bertz CT molecular complexity index is 824. The second-order valence-corrected chi connectivity index (χ2v) is 8.14. The third-order valence-corrected chi connectivity index (χ3v) is 5.81. The van der Waals surface area contributed by atoms with Crippen molar-refractivity contribution in [3.8, 4) is 0 Å². The SMILES string of the molecule is CCNC(=NCc1ccccc1C)NCCCS(=O)(=O)c1ccccc1.I. The van der Waals surface area contributed by atoms with Crippen LogP contribution >= 0.6 is 24.0 Å². The van der Waals surface area contributed by atoms with Gasteiger partial charge in [-0.15, -0.1) is 24.0 Å². The summed E-state index contributed by atoms with van der Waals surface area (Å²) in [7, 11) is -3.23. The average Bonchev–Trinajstić information content (AvgIpc) is 2.65. The molecule has 2 aromatic carbocycles. The number of guanidine groups is 1. The maximum absolute atomic E-state index is 12.3. The van der Waals surface area contributed by atoms with E-state index in [4.69, 9.17) is 0 Å². The molecule has 0 heterocycles. The van der Waals surface area contributed by atoms with Crippen molar-refractivity contribution < 1.29 is 8.42 Å². The summed E-state index contributed by atoms with van der Waals surface area (Å²) in [4.78, 5) is 4.96. The summed E-state index contributed by atoms with van der Waals surface area (Å²) >= 11 is 0. The van der Waals surface area contributed by atoms with Gasteiger partial charge in [-0.25, -0.2) is 13.4 Å². The van der Waals surface area contributed by atoms with Crippen molar-refractivity contribution in [2.45, 2.75) is 31.7 Å². The van der Waals surface area contributed by atoms with Crippen LogP contribution in [0.4, 0.5) is 0 Å². The Morgan fingerprint density at radius 2 is 1.67 bits per heavy atom. The Morgan fingerprint density at radius 1 is 1.00 bits per heavy atom. The highest BCUT2D eigenvalue weighted by atomic mass is 127. The zero-order chi connectivity index (χ0) is 18.8. The van der Waals surface area contributed by atoms with E-state index in [2.05, 4.69) is 34.7 Å². The summed E-state index contributed by atoms with van der Waals surface area (Å²) in [6.07, 6.45) is 0.520. The average molecular weight is 501 g/mol. The van der Waals surface area contributed by atoms with Crippen molar-refractivity contribution in [3.63, 3.8) is 0 Å². The summed E-state index contributed by atoms with van der Waals surface area (Å²) in [5.41, 5.74) is 2.39. The van der Waals surface area contributed by atoms with Crippen LogP contribution in [0, 0.1) is 6.92 Å². The van der Waals surface area contributed by atoms with E-state index in [0.717, 1.165) is 6.54 Å². The summed E-state index contributed by atoms with van der Waals surface area (Å²) < 4.78 is 24.6. The van der Waals surface area contributed by atoms with Crippen LogP contribution < -0.4 is 10.6 Å². The van der Waals surface area contributed by atoms with E-state index in [9.17, 15) is 8.42 Å². The van der Waals surface area contributed by atoms with Gasteiger partial charge in [0.05, 0.1) is 17.2 Å². The van der Waals surface area contributed by atoms with Crippen LogP contribution in [-0.4, -0.2) is 33.2 Å². The van der Waals surface area contributed by atoms with E-state index in [-0.39, 0.29) is 29.7 Å². The lowest BCUT2D eigenvalue weighted by molar-refractivity contribution is 0.592. The number of sulfone groups is 1. The Balaban J connectivity index is 0.00000364. The van der Waals surface area contributed by atoms with E-state index in [0.29, 0.717) is 30.4 Å². The van der Waals surface area contributed by atoms with Gasteiger partial charge in [0.15, 0.2) is 15.8 Å². The van der Waals surface area contributed by atoms with Gasteiger partial charge in [-0.2, -0.15) is 0 Å². The van der Waals surface area contributed by atoms with E-state index in [1.165, 1.54) is 11.1 Å². The van der Waals surface area contributed by atoms with Crippen LogP contribution in [0.3, 0.4) is 0 Å². The molecule has 0 atom stereocenters. The third-order valence-electron chi connectivity index (χ3n) is 4.00. The first kappa shape index (κ1) is 23.4. The Labute approximate surface area is 179 Å². The molecule has 0 spiro atoms. The van der Waals surface area contributed by atoms with Crippen molar-refractivity contribution in [1.82, 2.24) is 10.6 Å². The fourth-order valence-electron chi connectivity index (χ4n) is 2.51. The number of hydrogen-bond acceptors (Lipinski definition) is 3. The Morgan fingerprint density at radius 3 is 2.33 bits per heavy atom. The highest BCUT2D eigenvalue weighted by Crippen LogP contribution is 2.11. The standard InChI is InChI=1S/C20H27N3O2S.HI/c1-3-21-20(23-16-18-11-8-7-10-17(18)2)22-14-9-15-26(24,25)19-12-5-4-6-13-19;/h4-8,10-13H,3,9,14-16H2,1-2H3,(H2,21,22,23);1H. The second-order valence-electron chi connectivity index (χ2n) is 6.03. The molecule has 0 unspecified atom stereocenters. The number of hydrogen-bond donors (Lipinski definition) is 2. The van der Waals surface area contributed by atoms with Crippen LogP contribution in [0.2, 0.25) is 0 Å². The van der Waals surface area contributed by atoms with Crippen LogP contribution in [0.15, 0.2) is 64.5 Å². The molecule has 0 aliphatic heterocycles. The molecule has 5 nitrogen and oxygen atoms in total. The van der Waals surface area contributed by atoms with Crippen molar-refractivity contribution in [3.05, 3.63) is 65.7 Å². The molecule has 148 valence electrons. The van der Waals surface area contributed by atoms with Crippen molar-refractivity contribution >= 4 is 39.8 Å². The van der Waals surface area contributed by atoms with Gasteiger partial charge in [-0.05, 0) is 43.5 Å². The topological polar surface area (TPSA) is 70.6 Å². The minimum atomic E-state index is -3.23. The molecule has 0 saturated heterocycles. The normalized spacial score (nSPS) is 11.6. The van der Waals surface area contributed by atoms with Gasteiger partial charge < -0.3 is 10.6 Å². The molecule has 7 heteroatoms. The Hall–Kier alpha value is -1.61. The number of nitrogens with zero attached hydrogens (tertiary/aromatic N) is 1. The molecule has 2 rings (SSSR count). The van der Waals surface area contributed by atoms with Gasteiger partial charge in [0.1, 0.15) is 0 Å². The molecule has 0 aromatic heterocycles. The monoisotopic (exact) mass is 501 g/mol. The molecule has 0 aliphatic carbocycles. The number of nitrogens with one attached hydrogen (secondary N) is 2. The first-order valence-electron chi connectivity index (χ1n) is 8.87. The van der Waals surface area contributed by atoms with Gasteiger partial charge in [0.25, 0.3) is 0 Å². The van der Waals surface area contributed by atoms with E-state index >= 15 is 0 Å². The molecular formula is C20H28IN3O2S. The third kappa shape index (κ3) is 7.88. The van der Waals surface area contributed by atoms with Crippen LogP contribution in [0.1, 0.15) is 24.5 Å². The minimum absolute atomic E-state index is 0. The minimum Gasteiger partial charge on any atom is -0.357 e. The molecule has 0 fully saturated rings. The van der Waals surface area contributed by atoms with E-state index < -0.39 is 9.84 Å². The zero-order valence-electron chi connectivity index (χ0n) is 15.8. The smallest absolute Gasteiger partial charge is 0.191 e. The summed E-state index contributed by atoms with van der Waals surface area (Å²) in [6, 6.07) is 16.7. The number of aryl methyl sites for hydroxylation is 1. The lowest BCUT2D eigenvalue weighted by Gasteiger charge is -2.12. The van der Waals surface area contributed by atoms with Crippen LogP contribution in [-0.2, 0) is 16.4 Å². The highest BCUT2D eigenvalue weighted by molar-refractivity contribution is 14.0. The van der Waals surface area contributed by atoms with Gasteiger partial charge in [-0.1, -0.05) is 42.5 Å².